The molecule has 0 atom stereocenters. The molecule has 0 amide bonds. The summed E-state index contributed by atoms with van der Waals surface area (Å²) in [5.41, 5.74) is 2.15. The predicted octanol–water partition coefficient (Wildman–Crippen LogP) is 3.91. The van der Waals surface area contributed by atoms with Gasteiger partial charge in [-0.2, -0.15) is 0 Å². The summed E-state index contributed by atoms with van der Waals surface area (Å²) >= 11 is 5.39. The first-order valence-electron chi connectivity index (χ1n) is 7.00. The minimum atomic E-state index is 0.300. The Bertz CT molecular complexity index is 616. The number of imidazole rings is 1. The molecule has 0 bridgehead atoms. The Kier molecular flexibility index (Phi) is 5.20. The van der Waals surface area contributed by atoms with Crippen LogP contribution in [0.15, 0.2) is 18.2 Å². The molecule has 2 rings (SSSR count). The van der Waals surface area contributed by atoms with Crippen LogP contribution < -0.4 is 4.74 Å². The monoisotopic (exact) mass is 294 g/mol. The van der Waals surface area contributed by atoms with Gasteiger partial charge in [-0.1, -0.05) is 0 Å². The molecule has 4 nitrogen and oxygen atoms in total. The summed E-state index contributed by atoms with van der Waals surface area (Å²) in [4.78, 5) is 3.23. The maximum atomic E-state index is 5.55. The molecule has 1 heterocycles. The summed E-state index contributed by atoms with van der Waals surface area (Å²) in [6, 6.07) is 5.96. The molecule has 0 fully saturated rings. The SMILES string of the molecule is COc1ccc2[nH]c(=S)n(CCCCOC(C)C)c2c1. The number of H-pyrrole nitrogens is 1. The molecule has 1 aromatic heterocycles. The van der Waals surface area contributed by atoms with Crippen LogP contribution in [0.1, 0.15) is 26.7 Å². The van der Waals surface area contributed by atoms with E-state index in [1.165, 1.54) is 0 Å². The number of aromatic amines is 1. The van der Waals surface area contributed by atoms with E-state index in [0.717, 1.165) is 47.5 Å². The van der Waals surface area contributed by atoms with Crippen LogP contribution in [-0.4, -0.2) is 29.4 Å². The van der Waals surface area contributed by atoms with E-state index in [2.05, 4.69) is 23.4 Å². The highest BCUT2D eigenvalue weighted by Gasteiger charge is 2.05. The highest BCUT2D eigenvalue weighted by molar-refractivity contribution is 7.71. The van der Waals surface area contributed by atoms with E-state index in [0.29, 0.717) is 6.10 Å². The third kappa shape index (κ3) is 3.61. The number of fused-ring (bicyclic) bond motifs is 1. The van der Waals surface area contributed by atoms with Crippen LogP contribution in [0.5, 0.6) is 5.75 Å². The van der Waals surface area contributed by atoms with Crippen molar-refractivity contribution in [2.24, 2.45) is 0 Å². The van der Waals surface area contributed by atoms with Gasteiger partial charge < -0.3 is 19.0 Å². The van der Waals surface area contributed by atoms with Crippen molar-refractivity contribution in [2.45, 2.75) is 39.3 Å². The summed E-state index contributed by atoms with van der Waals surface area (Å²) in [6.45, 7) is 5.81. The fourth-order valence-electron chi connectivity index (χ4n) is 2.17. The molecule has 0 aliphatic heterocycles. The van der Waals surface area contributed by atoms with Crippen LogP contribution in [0.2, 0.25) is 0 Å². The molecule has 110 valence electrons. The Morgan fingerprint density at radius 3 is 2.80 bits per heavy atom. The van der Waals surface area contributed by atoms with Gasteiger partial charge in [0.2, 0.25) is 0 Å². The third-order valence-corrected chi connectivity index (χ3v) is 3.53. The van der Waals surface area contributed by atoms with Crippen molar-refractivity contribution in [3.8, 4) is 5.75 Å². The second kappa shape index (κ2) is 6.90. The Hall–Kier alpha value is -1.33. The van der Waals surface area contributed by atoms with Crippen molar-refractivity contribution < 1.29 is 9.47 Å². The van der Waals surface area contributed by atoms with E-state index in [9.17, 15) is 0 Å². The van der Waals surface area contributed by atoms with E-state index in [4.69, 9.17) is 21.7 Å². The Morgan fingerprint density at radius 2 is 2.10 bits per heavy atom. The average molecular weight is 294 g/mol. The number of hydrogen-bond donors (Lipinski definition) is 1. The van der Waals surface area contributed by atoms with Crippen molar-refractivity contribution in [1.82, 2.24) is 9.55 Å². The number of aryl methyl sites for hydroxylation is 1. The molecular formula is C15H22N2O2S. The third-order valence-electron chi connectivity index (χ3n) is 3.21. The number of benzene rings is 1. The second-order valence-corrected chi connectivity index (χ2v) is 5.48. The predicted molar refractivity (Wildman–Crippen MR) is 84.0 cm³/mol. The van der Waals surface area contributed by atoms with E-state index < -0.39 is 0 Å². The quantitative estimate of drug-likeness (QED) is 0.621. The first kappa shape index (κ1) is 15.1. The Morgan fingerprint density at radius 1 is 1.30 bits per heavy atom. The standard InChI is InChI=1S/C15H22N2O2S/c1-11(2)19-9-5-4-8-17-14-10-12(18-3)6-7-13(14)16-15(17)20/h6-7,10-11H,4-5,8-9H2,1-3H3,(H,16,20). The van der Waals surface area contributed by atoms with Gasteiger partial charge in [0, 0.05) is 19.2 Å². The van der Waals surface area contributed by atoms with Gasteiger partial charge in [0.15, 0.2) is 4.77 Å². The molecule has 1 N–H and O–H groups in total. The molecule has 1 aromatic carbocycles. The lowest BCUT2D eigenvalue weighted by Crippen LogP contribution is -2.05. The average Bonchev–Trinajstić information content (AvgIpc) is 2.73. The van der Waals surface area contributed by atoms with Gasteiger partial charge in [0.1, 0.15) is 5.75 Å². The molecule has 0 spiro atoms. The molecule has 0 radical (unpaired) electrons. The normalized spacial score (nSPS) is 11.4. The molecule has 0 unspecified atom stereocenters. The van der Waals surface area contributed by atoms with Crippen molar-refractivity contribution in [2.75, 3.05) is 13.7 Å². The maximum absolute atomic E-state index is 5.55. The highest BCUT2D eigenvalue weighted by atomic mass is 32.1. The summed E-state index contributed by atoms with van der Waals surface area (Å²) in [7, 11) is 1.68. The van der Waals surface area contributed by atoms with Gasteiger partial charge >= 0.3 is 0 Å². The van der Waals surface area contributed by atoms with E-state index in [1.807, 2.05) is 18.2 Å². The first-order chi connectivity index (χ1) is 9.61. The molecule has 0 saturated carbocycles. The lowest BCUT2D eigenvalue weighted by molar-refractivity contribution is 0.0754. The number of unbranched alkanes of at least 4 members (excludes halogenated alkanes) is 1. The minimum Gasteiger partial charge on any atom is -0.497 e. The highest BCUT2D eigenvalue weighted by Crippen LogP contribution is 2.21. The number of hydrogen-bond acceptors (Lipinski definition) is 3. The van der Waals surface area contributed by atoms with Crippen molar-refractivity contribution in [3.63, 3.8) is 0 Å². The second-order valence-electron chi connectivity index (χ2n) is 5.09. The zero-order valence-electron chi connectivity index (χ0n) is 12.3. The van der Waals surface area contributed by atoms with Crippen molar-refractivity contribution >= 4 is 23.3 Å². The maximum Gasteiger partial charge on any atom is 0.178 e. The van der Waals surface area contributed by atoms with Gasteiger partial charge in [0.05, 0.1) is 24.2 Å². The fraction of sp³-hybridized carbons (Fsp3) is 0.533. The molecule has 5 heteroatoms. The number of methoxy groups -OCH3 is 1. The molecular weight excluding hydrogens is 272 g/mol. The number of rotatable bonds is 7. The van der Waals surface area contributed by atoms with Crippen LogP contribution in [-0.2, 0) is 11.3 Å². The summed E-state index contributed by atoms with van der Waals surface area (Å²) in [5, 5.41) is 0. The van der Waals surface area contributed by atoms with Gasteiger partial charge in [-0.25, -0.2) is 0 Å². The number of ether oxygens (including phenoxy) is 2. The van der Waals surface area contributed by atoms with Crippen LogP contribution in [0.4, 0.5) is 0 Å². The molecule has 2 aromatic rings. The van der Waals surface area contributed by atoms with Gasteiger partial charge in [-0.05, 0) is 51.0 Å². The smallest absolute Gasteiger partial charge is 0.178 e. The van der Waals surface area contributed by atoms with Crippen LogP contribution in [0.25, 0.3) is 11.0 Å². The minimum absolute atomic E-state index is 0.300. The lowest BCUT2D eigenvalue weighted by atomic mass is 10.2. The van der Waals surface area contributed by atoms with Gasteiger partial charge in [-0.3, -0.25) is 0 Å². The zero-order valence-corrected chi connectivity index (χ0v) is 13.1. The fourth-order valence-corrected chi connectivity index (χ4v) is 2.47. The van der Waals surface area contributed by atoms with E-state index in [-0.39, 0.29) is 0 Å². The molecule has 0 saturated heterocycles. The Balaban J connectivity index is 2.05. The molecule has 0 aliphatic carbocycles. The number of nitrogens with zero attached hydrogens (tertiary/aromatic N) is 1. The Labute approximate surface area is 124 Å². The summed E-state index contributed by atoms with van der Waals surface area (Å²) < 4.78 is 13.7. The zero-order chi connectivity index (χ0) is 14.5. The lowest BCUT2D eigenvalue weighted by Gasteiger charge is -2.08. The molecule has 0 aliphatic rings. The summed E-state index contributed by atoms with van der Waals surface area (Å²) in [6.07, 6.45) is 2.39. The first-order valence-corrected chi connectivity index (χ1v) is 7.41. The van der Waals surface area contributed by atoms with Crippen LogP contribution in [0, 0.1) is 4.77 Å². The molecule has 20 heavy (non-hydrogen) atoms. The van der Waals surface area contributed by atoms with Gasteiger partial charge in [-0.15, -0.1) is 0 Å². The van der Waals surface area contributed by atoms with E-state index >= 15 is 0 Å². The van der Waals surface area contributed by atoms with Gasteiger partial charge in [0.25, 0.3) is 0 Å². The van der Waals surface area contributed by atoms with Crippen LogP contribution >= 0.6 is 12.2 Å². The number of aromatic nitrogens is 2. The van der Waals surface area contributed by atoms with Crippen molar-refractivity contribution in [1.29, 1.82) is 0 Å². The summed E-state index contributed by atoms with van der Waals surface area (Å²) in [5.74, 6) is 0.850. The van der Waals surface area contributed by atoms with E-state index in [1.54, 1.807) is 7.11 Å². The topological polar surface area (TPSA) is 39.2 Å². The largest absolute Gasteiger partial charge is 0.497 e. The van der Waals surface area contributed by atoms with Crippen molar-refractivity contribution in [3.05, 3.63) is 23.0 Å². The number of nitrogens with one attached hydrogen (secondary N) is 1. The van der Waals surface area contributed by atoms with Crippen LogP contribution in [0.3, 0.4) is 0 Å².